The zero-order chi connectivity index (χ0) is 12.9. The maximum Gasteiger partial charge on any atom is 0.248 e. The lowest BCUT2D eigenvalue weighted by Gasteiger charge is -2.27. The largest absolute Gasteiger partial charge is 0.355 e. The highest BCUT2D eigenvalue weighted by atomic mass is 19.3. The second kappa shape index (κ2) is 6.28. The molecule has 5 heteroatoms. The minimum absolute atomic E-state index is 0.0777. The molecule has 1 saturated carbocycles. The van der Waals surface area contributed by atoms with E-state index in [0.717, 1.165) is 0 Å². The van der Waals surface area contributed by atoms with Crippen molar-refractivity contribution in [2.75, 3.05) is 13.1 Å². The van der Waals surface area contributed by atoms with E-state index in [9.17, 15) is 13.6 Å². The molecule has 2 N–H and O–H groups in total. The first-order valence-corrected chi connectivity index (χ1v) is 6.29. The number of amides is 1. The Morgan fingerprint density at radius 2 is 1.88 bits per heavy atom. The maximum atomic E-state index is 12.9. The number of hydrogen-bond acceptors (Lipinski definition) is 2. The first-order chi connectivity index (χ1) is 7.91. The molecule has 1 aliphatic carbocycles. The van der Waals surface area contributed by atoms with Gasteiger partial charge < -0.3 is 10.6 Å². The predicted molar refractivity (Wildman–Crippen MR) is 63.1 cm³/mol. The van der Waals surface area contributed by atoms with Crippen LogP contribution >= 0.6 is 0 Å². The molecule has 0 heterocycles. The van der Waals surface area contributed by atoms with Gasteiger partial charge in [0.2, 0.25) is 11.8 Å². The van der Waals surface area contributed by atoms with Gasteiger partial charge in [0.15, 0.2) is 0 Å². The highest BCUT2D eigenvalue weighted by molar-refractivity contribution is 5.78. The van der Waals surface area contributed by atoms with E-state index >= 15 is 0 Å². The molecule has 0 aromatic heterocycles. The Morgan fingerprint density at radius 1 is 1.29 bits per heavy atom. The highest BCUT2D eigenvalue weighted by Gasteiger charge is 2.37. The molecule has 0 unspecified atom stereocenters. The van der Waals surface area contributed by atoms with E-state index < -0.39 is 5.92 Å². The molecular formula is C12H22F2N2O. The van der Waals surface area contributed by atoms with E-state index in [1.165, 1.54) is 0 Å². The smallest absolute Gasteiger partial charge is 0.248 e. The van der Waals surface area contributed by atoms with Crippen molar-refractivity contribution in [3.8, 4) is 0 Å². The van der Waals surface area contributed by atoms with Crippen LogP contribution in [0.1, 0.15) is 39.5 Å². The fourth-order valence-electron chi connectivity index (χ4n) is 1.99. The van der Waals surface area contributed by atoms with E-state index in [0.29, 0.717) is 32.0 Å². The molecule has 0 atom stereocenters. The quantitative estimate of drug-likeness (QED) is 0.730. The Morgan fingerprint density at radius 3 is 2.41 bits per heavy atom. The van der Waals surface area contributed by atoms with Gasteiger partial charge in [-0.05, 0) is 12.8 Å². The number of halogens is 2. The lowest BCUT2D eigenvalue weighted by Crippen LogP contribution is -2.39. The molecular weight excluding hydrogens is 226 g/mol. The van der Waals surface area contributed by atoms with Crippen molar-refractivity contribution in [2.45, 2.75) is 51.5 Å². The average molecular weight is 248 g/mol. The average Bonchev–Trinajstić information content (AvgIpc) is 2.23. The summed E-state index contributed by atoms with van der Waals surface area (Å²) in [6, 6.07) is 0.389. The lowest BCUT2D eigenvalue weighted by molar-refractivity contribution is -0.129. The minimum atomic E-state index is -2.56. The van der Waals surface area contributed by atoms with E-state index in [1.54, 1.807) is 0 Å². The van der Waals surface area contributed by atoms with Gasteiger partial charge >= 0.3 is 0 Å². The third kappa shape index (κ3) is 5.44. The number of carbonyl (C=O) groups excluding carboxylic acids is 1. The zero-order valence-corrected chi connectivity index (χ0v) is 10.6. The number of carbonyl (C=O) groups is 1. The van der Waals surface area contributed by atoms with Crippen LogP contribution in [0.3, 0.4) is 0 Å². The van der Waals surface area contributed by atoms with Crippen LogP contribution < -0.4 is 10.6 Å². The second-order valence-corrected chi connectivity index (χ2v) is 5.03. The van der Waals surface area contributed by atoms with E-state index in [1.807, 2.05) is 13.8 Å². The summed E-state index contributed by atoms with van der Waals surface area (Å²) in [6.07, 6.45) is 0.289. The summed E-state index contributed by atoms with van der Waals surface area (Å²) in [5, 5.41) is 5.97. The summed E-state index contributed by atoms with van der Waals surface area (Å²) < 4.78 is 25.8. The fourth-order valence-corrected chi connectivity index (χ4v) is 1.99. The fraction of sp³-hybridized carbons (Fsp3) is 0.917. The third-order valence-electron chi connectivity index (χ3n) is 3.06. The third-order valence-corrected chi connectivity index (χ3v) is 3.06. The topological polar surface area (TPSA) is 41.1 Å². The Labute approximate surface area is 101 Å². The summed E-state index contributed by atoms with van der Waals surface area (Å²) in [5.41, 5.74) is 0. The van der Waals surface area contributed by atoms with Crippen LogP contribution in [0.5, 0.6) is 0 Å². The summed E-state index contributed by atoms with van der Waals surface area (Å²) >= 11 is 0. The lowest BCUT2D eigenvalue weighted by atomic mass is 9.86. The molecule has 0 aromatic carbocycles. The van der Waals surface area contributed by atoms with Crippen molar-refractivity contribution in [1.29, 1.82) is 0 Å². The number of nitrogens with one attached hydrogen (secondary N) is 2. The van der Waals surface area contributed by atoms with Crippen LogP contribution in [0, 0.1) is 5.92 Å². The van der Waals surface area contributed by atoms with Gasteiger partial charge in [-0.25, -0.2) is 8.78 Å². The normalized spacial score (nSPS) is 20.5. The highest BCUT2D eigenvalue weighted by Crippen LogP contribution is 2.35. The Kier molecular flexibility index (Phi) is 5.31. The Balaban J connectivity index is 2.16. The van der Waals surface area contributed by atoms with Crippen LogP contribution in [0.4, 0.5) is 8.78 Å². The van der Waals surface area contributed by atoms with E-state index in [-0.39, 0.29) is 24.7 Å². The molecule has 1 amide bonds. The molecule has 3 nitrogen and oxygen atoms in total. The molecule has 1 aliphatic rings. The van der Waals surface area contributed by atoms with Crippen LogP contribution in [0.2, 0.25) is 0 Å². The molecule has 1 fully saturated rings. The maximum absolute atomic E-state index is 12.9. The van der Waals surface area contributed by atoms with Gasteiger partial charge in [0.25, 0.3) is 0 Å². The predicted octanol–water partition coefficient (Wildman–Crippen LogP) is 1.93. The molecule has 1 rings (SSSR count). The summed E-state index contributed by atoms with van der Waals surface area (Å²) in [7, 11) is 0. The van der Waals surface area contributed by atoms with Gasteiger partial charge in [-0.2, -0.15) is 0 Å². The van der Waals surface area contributed by atoms with Crippen molar-refractivity contribution >= 4 is 5.91 Å². The van der Waals surface area contributed by atoms with Crippen molar-refractivity contribution in [1.82, 2.24) is 10.6 Å². The molecule has 0 saturated heterocycles. The van der Waals surface area contributed by atoms with Crippen molar-refractivity contribution in [3.63, 3.8) is 0 Å². The first-order valence-electron chi connectivity index (χ1n) is 6.29. The summed E-state index contributed by atoms with van der Waals surface area (Å²) in [4.78, 5) is 11.7. The molecule has 0 spiro atoms. The molecule has 0 bridgehead atoms. The monoisotopic (exact) mass is 248 g/mol. The molecule has 17 heavy (non-hydrogen) atoms. The van der Waals surface area contributed by atoms with Gasteiger partial charge in [0, 0.05) is 37.9 Å². The van der Waals surface area contributed by atoms with Crippen LogP contribution in [0.25, 0.3) is 0 Å². The van der Waals surface area contributed by atoms with E-state index in [4.69, 9.17) is 0 Å². The van der Waals surface area contributed by atoms with Gasteiger partial charge in [0.05, 0.1) is 0 Å². The number of alkyl halides is 2. The van der Waals surface area contributed by atoms with Crippen LogP contribution in [-0.4, -0.2) is 31.0 Å². The number of hydrogen-bond donors (Lipinski definition) is 2. The van der Waals surface area contributed by atoms with Crippen molar-refractivity contribution in [2.24, 2.45) is 5.92 Å². The molecule has 100 valence electrons. The van der Waals surface area contributed by atoms with Gasteiger partial charge in [-0.3, -0.25) is 4.79 Å². The van der Waals surface area contributed by atoms with Gasteiger partial charge in [0.1, 0.15) is 0 Å². The van der Waals surface area contributed by atoms with Crippen molar-refractivity contribution in [3.05, 3.63) is 0 Å². The molecule has 0 radical (unpaired) electrons. The summed E-state index contributed by atoms with van der Waals surface area (Å²) in [5.74, 6) is -2.87. The Bertz CT molecular complexity index is 247. The first kappa shape index (κ1) is 14.4. The zero-order valence-electron chi connectivity index (χ0n) is 10.6. The molecule has 0 aliphatic heterocycles. The Hall–Kier alpha value is -0.710. The SMILES string of the molecule is CC(C)NCCNC(=O)C1CCC(F)(F)CC1. The minimum Gasteiger partial charge on any atom is -0.355 e. The van der Waals surface area contributed by atoms with Crippen molar-refractivity contribution < 1.29 is 13.6 Å². The van der Waals surface area contributed by atoms with E-state index in [2.05, 4.69) is 10.6 Å². The second-order valence-electron chi connectivity index (χ2n) is 5.03. The van der Waals surface area contributed by atoms with Crippen LogP contribution in [0.15, 0.2) is 0 Å². The van der Waals surface area contributed by atoms with Crippen LogP contribution in [-0.2, 0) is 4.79 Å². The van der Waals surface area contributed by atoms with Gasteiger partial charge in [-0.15, -0.1) is 0 Å². The standard InChI is InChI=1S/C12H22F2N2O/c1-9(2)15-7-8-16-11(17)10-3-5-12(13,14)6-4-10/h9-10,15H,3-8H2,1-2H3,(H,16,17). The number of rotatable bonds is 5. The van der Waals surface area contributed by atoms with Gasteiger partial charge in [-0.1, -0.05) is 13.8 Å². The molecule has 0 aromatic rings. The summed E-state index contributed by atoms with van der Waals surface area (Å²) in [6.45, 7) is 5.34.